The summed E-state index contributed by atoms with van der Waals surface area (Å²) in [6.45, 7) is 0. The van der Waals surface area contributed by atoms with Gasteiger partial charge in [-0.3, -0.25) is 4.79 Å². The molecule has 1 aliphatic heterocycles. The van der Waals surface area contributed by atoms with E-state index in [0.717, 1.165) is 12.1 Å². The summed E-state index contributed by atoms with van der Waals surface area (Å²) >= 11 is 0. The molecule has 0 aliphatic carbocycles. The van der Waals surface area contributed by atoms with E-state index in [1.54, 1.807) is 0 Å². The van der Waals surface area contributed by atoms with Crippen molar-refractivity contribution in [1.82, 2.24) is 5.32 Å². The zero-order valence-corrected chi connectivity index (χ0v) is 13.4. The van der Waals surface area contributed by atoms with Crippen LogP contribution in [0.15, 0.2) is 48.5 Å². The summed E-state index contributed by atoms with van der Waals surface area (Å²) < 4.78 is 52.3. The molecule has 0 radical (unpaired) electrons. The standard InChI is InChI=1S/C19H14F4N2O/c20-14-6-4-11(5-7-14)16-15(8-9-24)18(26)25-17(16)12-2-1-3-13(10-12)19(21,22)23/h1-7,10,15-17H,8H2,(H,25,26). The summed E-state index contributed by atoms with van der Waals surface area (Å²) in [6, 6.07) is 11.4. The number of nitrogens with zero attached hydrogens (tertiary/aromatic N) is 1. The Kier molecular flexibility index (Phi) is 4.68. The van der Waals surface area contributed by atoms with Crippen LogP contribution >= 0.6 is 0 Å². The number of nitrogens with one attached hydrogen (secondary N) is 1. The van der Waals surface area contributed by atoms with Gasteiger partial charge in [0.1, 0.15) is 5.82 Å². The lowest BCUT2D eigenvalue weighted by molar-refractivity contribution is -0.137. The van der Waals surface area contributed by atoms with Crippen molar-refractivity contribution in [2.75, 3.05) is 0 Å². The number of rotatable bonds is 3. The van der Waals surface area contributed by atoms with Crippen LogP contribution in [-0.4, -0.2) is 5.91 Å². The predicted octanol–water partition coefficient (Wildman–Crippen LogP) is 4.33. The van der Waals surface area contributed by atoms with Gasteiger partial charge in [0, 0.05) is 12.3 Å². The highest BCUT2D eigenvalue weighted by Gasteiger charge is 2.44. The van der Waals surface area contributed by atoms with E-state index in [9.17, 15) is 22.4 Å². The number of alkyl halides is 3. The van der Waals surface area contributed by atoms with Crippen LogP contribution in [-0.2, 0) is 11.0 Å². The SMILES string of the molecule is N#CCC1C(=O)NC(c2cccc(C(F)(F)F)c2)C1c1ccc(F)cc1. The zero-order chi connectivity index (χ0) is 18.9. The van der Waals surface area contributed by atoms with E-state index in [2.05, 4.69) is 5.32 Å². The van der Waals surface area contributed by atoms with Gasteiger partial charge in [0.25, 0.3) is 0 Å². The van der Waals surface area contributed by atoms with Crippen LogP contribution in [0.4, 0.5) is 17.6 Å². The van der Waals surface area contributed by atoms with E-state index in [4.69, 9.17) is 5.26 Å². The van der Waals surface area contributed by atoms with Gasteiger partial charge in [-0.1, -0.05) is 24.3 Å². The number of hydrogen-bond acceptors (Lipinski definition) is 2. The Morgan fingerprint density at radius 1 is 1.08 bits per heavy atom. The number of hydrogen-bond donors (Lipinski definition) is 1. The normalized spacial score (nSPS) is 22.7. The Bertz CT molecular complexity index is 855. The molecule has 26 heavy (non-hydrogen) atoms. The van der Waals surface area contributed by atoms with E-state index in [1.807, 2.05) is 6.07 Å². The summed E-state index contributed by atoms with van der Waals surface area (Å²) in [5.74, 6) is -2.14. The van der Waals surface area contributed by atoms with Gasteiger partial charge in [0.2, 0.25) is 5.91 Å². The van der Waals surface area contributed by atoms with Crippen molar-refractivity contribution in [3.8, 4) is 6.07 Å². The van der Waals surface area contributed by atoms with Crippen molar-refractivity contribution in [1.29, 1.82) is 5.26 Å². The van der Waals surface area contributed by atoms with Crippen LogP contribution in [0.5, 0.6) is 0 Å². The number of benzene rings is 2. The minimum Gasteiger partial charge on any atom is -0.348 e. The number of halogens is 4. The van der Waals surface area contributed by atoms with Gasteiger partial charge in [-0.05, 0) is 35.4 Å². The molecule has 7 heteroatoms. The Labute approximate surface area is 147 Å². The second-order valence-corrected chi connectivity index (χ2v) is 6.16. The second kappa shape index (κ2) is 6.79. The van der Waals surface area contributed by atoms with Crippen LogP contribution < -0.4 is 5.32 Å². The number of carbonyl (C=O) groups excluding carboxylic acids is 1. The highest BCUT2D eigenvalue weighted by atomic mass is 19.4. The van der Waals surface area contributed by atoms with Crippen molar-refractivity contribution in [2.45, 2.75) is 24.6 Å². The fraction of sp³-hybridized carbons (Fsp3) is 0.263. The third-order valence-electron chi connectivity index (χ3n) is 4.57. The maximum atomic E-state index is 13.2. The van der Waals surface area contributed by atoms with Gasteiger partial charge in [-0.15, -0.1) is 0 Å². The molecule has 1 fully saturated rings. The first-order valence-corrected chi connectivity index (χ1v) is 7.91. The molecule has 0 aromatic heterocycles. The highest BCUT2D eigenvalue weighted by molar-refractivity contribution is 5.83. The van der Waals surface area contributed by atoms with Crippen LogP contribution in [0.3, 0.4) is 0 Å². The lowest BCUT2D eigenvalue weighted by atomic mass is 9.80. The molecule has 3 nitrogen and oxygen atoms in total. The molecular weight excluding hydrogens is 348 g/mol. The molecule has 0 bridgehead atoms. The molecule has 3 unspecified atom stereocenters. The summed E-state index contributed by atoms with van der Waals surface area (Å²) in [7, 11) is 0. The molecule has 1 amide bonds. The van der Waals surface area contributed by atoms with Crippen LogP contribution in [0.25, 0.3) is 0 Å². The molecule has 2 aromatic rings. The van der Waals surface area contributed by atoms with E-state index < -0.39 is 41.3 Å². The summed E-state index contributed by atoms with van der Waals surface area (Å²) in [5, 5.41) is 11.7. The first-order chi connectivity index (χ1) is 12.3. The molecule has 3 rings (SSSR count). The molecule has 0 saturated carbocycles. The smallest absolute Gasteiger partial charge is 0.348 e. The predicted molar refractivity (Wildman–Crippen MR) is 85.2 cm³/mol. The van der Waals surface area contributed by atoms with Gasteiger partial charge in [-0.25, -0.2) is 4.39 Å². The molecular formula is C19H14F4N2O. The summed E-state index contributed by atoms with van der Waals surface area (Å²) in [4.78, 5) is 12.3. The van der Waals surface area contributed by atoms with Crippen molar-refractivity contribution in [3.63, 3.8) is 0 Å². The van der Waals surface area contributed by atoms with E-state index in [1.165, 1.54) is 36.4 Å². The van der Waals surface area contributed by atoms with Crippen molar-refractivity contribution >= 4 is 5.91 Å². The Hall–Kier alpha value is -2.88. The van der Waals surface area contributed by atoms with Gasteiger partial charge in [-0.2, -0.15) is 18.4 Å². The van der Waals surface area contributed by atoms with E-state index in [-0.39, 0.29) is 6.42 Å². The third-order valence-corrected chi connectivity index (χ3v) is 4.57. The minimum absolute atomic E-state index is 0.0800. The molecule has 1 heterocycles. The first-order valence-electron chi connectivity index (χ1n) is 7.91. The van der Waals surface area contributed by atoms with Gasteiger partial charge < -0.3 is 5.32 Å². The van der Waals surface area contributed by atoms with Crippen LogP contribution in [0.1, 0.15) is 35.1 Å². The molecule has 0 spiro atoms. The van der Waals surface area contributed by atoms with Gasteiger partial charge in [0.15, 0.2) is 0 Å². The van der Waals surface area contributed by atoms with E-state index >= 15 is 0 Å². The molecule has 2 aromatic carbocycles. The Balaban J connectivity index is 2.06. The molecule has 3 atom stereocenters. The molecule has 1 N–H and O–H groups in total. The van der Waals surface area contributed by atoms with Gasteiger partial charge in [0.05, 0.1) is 23.6 Å². The fourth-order valence-corrected chi connectivity index (χ4v) is 3.37. The summed E-state index contributed by atoms with van der Waals surface area (Å²) in [5.41, 5.74) is 0.0705. The van der Waals surface area contributed by atoms with Crippen LogP contribution in [0, 0.1) is 23.1 Å². The minimum atomic E-state index is -4.50. The highest BCUT2D eigenvalue weighted by Crippen LogP contribution is 2.44. The first kappa shape index (κ1) is 17.9. The van der Waals surface area contributed by atoms with Gasteiger partial charge >= 0.3 is 6.18 Å². The largest absolute Gasteiger partial charge is 0.416 e. The maximum absolute atomic E-state index is 13.2. The van der Waals surface area contributed by atoms with E-state index in [0.29, 0.717) is 11.1 Å². The Morgan fingerprint density at radius 3 is 2.38 bits per heavy atom. The quantitative estimate of drug-likeness (QED) is 0.827. The van der Waals surface area contributed by atoms with Crippen molar-refractivity contribution in [2.24, 2.45) is 5.92 Å². The molecule has 1 aliphatic rings. The number of amides is 1. The molecule has 1 saturated heterocycles. The van der Waals surface area contributed by atoms with Crippen LogP contribution in [0.2, 0.25) is 0 Å². The number of carbonyl (C=O) groups is 1. The monoisotopic (exact) mass is 362 g/mol. The Morgan fingerprint density at radius 2 is 1.77 bits per heavy atom. The van der Waals surface area contributed by atoms with Crippen molar-refractivity contribution in [3.05, 3.63) is 71.0 Å². The lowest BCUT2D eigenvalue weighted by Crippen LogP contribution is -2.21. The average Bonchev–Trinajstić information content (AvgIpc) is 2.92. The molecule has 134 valence electrons. The summed E-state index contributed by atoms with van der Waals surface area (Å²) in [6.07, 6.45) is -4.58. The second-order valence-electron chi connectivity index (χ2n) is 6.16. The fourth-order valence-electron chi connectivity index (χ4n) is 3.37. The lowest BCUT2D eigenvalue weighted by Gasteiger charge is -2.23. The topological polar surface area (TPSA) is 52.9 Å². The van der Waals surface area contributed by atoms with Crippen molar-refractivity contribution < 1.29 is 22.4 Å². The maximum Gasteiger partial charge on any atom is 0.416 e. The average molecular weight is 362 g/mol. The number of nitriles is 1. The third kappa shape index (κ3) is 3.40. The zero-order valence-electron chi connectivity index (χ0n) is 13.4.